The number of benzene rings is 1. The van der Waals surface area contributed by atoms with E-state index in [9.17, 15) is 4.79 Å². The van der Waals surface area contributed by atoms with E-state index in [1.807, 2.05) is 20.8 Å². The van der Waals surface area contributed by atoms with Gasteiger partial charge < -0.3 is 5.32 Å². The molecule has 1 heterocycles. The topological polar surface area (TPSA) is 54.9 Å². The van der Waals surface area contributed by atoms with Gasteiger partial charge >= 0.3 is 0 Å². The van der Waals surface area contributed by atoms with Gasteiger partial charge in [0.2, 0.25) is 0 Å². The number of rotatable bonds is 2. The van der Waals surface area contributed by atoms with Crippen molar-refractivity contribution in [1.29, 1.82) is 0 Å². The lowest BCUT2D eigenvalue weighted by molar-refractivity contribution is 0.102. The number of aromatic nitrogens is 2. The largest absolute Gasteiger partial charge is 0.321 e. The molecule has 0 aliphatic heterocycles. The first-order valence-corrected chi connectivity index (χ1v) is 7.13. The summed E-state index contributed by atoms with van der Waals surface area (Å²) in [6.07, 6.45) is 1.43. The Labute approximate surface area is 133 Å². The molecule has 0 unspecified atom stereocenters. The lowest BCUT2D eigenvalue weighted by Crippen LogP contribution is -2.19. The van der Waals surface area contributed by atoms with E-state index >= 15 is 0 Å². The monoisotopic (exact) mass is 323 g/mol. The third-order valence-electron chi connectivity index (χ3n) is 2.78. The third kappa shape index (κ3) is 3.93. The summed E-state index contributed by atoms with van der Waals surface area (Å²) < 4.78 is 0. The van der Waals surface area contributed by atoms with Gasteiger partial charge in [-0.05, 0) is 24.3 Å². The third-order valence-corrected chi connectivity index (χ3v) is 3.29. The smallest absolute Gasteiger partial charge is 0.275 e. The highest BCUT2D eigenvalue weighted by molar-refractivity contribution is 6.30. The van der Waals surface area contributed by atoms with E-state index in [0.29, 0.717) is 16.4 Å². The van der Waals surface area contributed by atoms with Gasteiger partial charge in [0.25, 0.3) is 5.91 Å². The molecular formula is C15H15Cl2N3O. The van der Waals surface area contributed by atoms with Gasteiger partial charge in [-0.1, -0.05) is 44.0 Å². The van der Waals surface area contributed by atoms with Crippen LogP contribution in [0.3, 0.4) is 0 Å². The van der Waals surface area contributed by atoms with Crippen molar-refractivity contribution in [2.75, 3.05) is 5.32 Å². The summed E-state index contributed by atoms with van der Waals surface area (Å²) in [6.45, 7) is 5.95. The van der Waals surface area contributed by atoms with Gasteiger partial charge in [-0.25, -0.2) is 4.98 Å². The van der Waals surface area contributed by atoms with Crippen LogP contribution in [0.25, 0.3) is 0 Å². The summed E-state index contributed by atoms with van der Waals surface area (Å²) in [5.74, 6) is -0.368. The van der Waals surface area contributed by atoms with E-state index in [0.717, 1.165) is 0 Å². The number of halogens is 2. The van der Waals surface area contributed by atoms with E-state index in [2.05, 4.69) is 15.3 Å². The van der Waals surface area contributed by atoms with Gasteiger partial charge in [-0.15, -0.1) is 0 Å². The average molecular weight is 324 g/mol. The zero-order chi connectivity index (χ0) is 15.6. The van der Waals surface area contributed by atoms with Crippen LogP contribution in [0.5, 0.6) is 0 Å². The molecule has 6 heteroatoms. The van der Waals surface area contributed by atoms with E-state index in [-0.39, 0.29) is 22.2 Å². The van der Waals surface area contributed by atoms with Gasteiger partial charge in [0, 0.05) is 16.1 Å². The number of carbonyl (C=O) groups is 1. The average Bonchev–Trinajstić information content (AvgIpc) is 2.39. The molecule has 0 radical (unpaired) electrons. The standard InChI is InChI=1S/C15H15Cl2N3O/c1-15(2,3)12-13(17)20-11(8-18-12)14(21)19-10-6-4-9(16)5-7-10/h4-8H,1-3H3,(H,19,21). The molecule has 4 nitrogen and oxygen atoms in total. The van der Waals surface area contributed by atoms with Gasteiger partial charge in [0.1, 0.15) is 5.69 Å². The molecule has 2 rings (SSSR count). The molecule has 0 saturated carbocycles. The Morgan fingerprint density at radius 3 is 2.29 bits per heavy atom. The molecule has 110 valence electrons. The van der Waals surface area contributed by atoms with Crippen LogP contribution < -0.4 is 5.32 Å². The maximum atomic E-state index is 12.1. The van der Waals surface area contributed by atoms with Crippen molar-refractivity contribution >= 4 is 34.8 Å². The first kappa shape index (κ1) is 15.7. The zero-order valence-corrected chi connectivity index (χ0v) is 13.5. The first-order chi connectivity index (χ1) is 9.77. The molecule has 0 atom stereocenters. The van der Waals surface area contributed by atoms with Crippen LogP contribution in [0.15, 0.2) is 30.5 Å². The fourth-order valence-corrected chi connectivity index (χ4v) is 2.26. The number of hydrogen-bond donors (Lipinski definition) is 1. The molecule has 0 aliphatic carbocycles. The quantitative estimate of drug-likeness (QED) is 0.894. The predicted octanol–water partition coefficient (Wildman–Crippen LogP) is 4.33. The van der Waals surface area contributed by atoms with Crippen molar-refractivity contribution in [3.05, 3.63) is 52.0 Å². The maximum Gasteiger partial charge on any atom is 0.275 e. The van der Waals surface area contributed by atoms with Crippen molar-refractivity contribution in [2.24, 2.45) is 0 Å². The number of nitrogens with one attached hydrogen (secondary N) is 1. The van der Waals surface area contributed by atoms with Crippen LogP contribution >= 0.6 is 23.2 Å². The molecular weight excluding hydrogens is 309 g/mol. The van der Waals surface area contributed by atoms with Crippen LogP contribution in [0.4, 0.5) is 5.69 Å². The summed E-state index contributed by atoms with van der Waals surface area (Å²) in [5.41, 5.74) is 1.23. The van der Waals surface area contributed by atoms with Crippen molar-refractivity contribution in [1.82, 2.24) is 9.97 Å². The molecule has 0 saturated heterocycles. The highest BCUT2D eigenvalue weighted by atomic mass is 35.5. The van der Waals surface area contributed by atoms with Crippen molar-refractivity contribution in [3.8, 4) is 0 Å². The van der Waals surface area contributed by atoms with Gasteiger partial charge in [0.05, 0.1) is 11.9 Å². The highest BCUT2D eigenvalue weighted by Crippen LogP contribution is 2.26. The van der Waals surface area contributed by atoms with Crippen molar-refractivity contribution < 1.29 is 4.79 Å². The minimum Gasteiger partial charge on any atom is -0.321 e. The molecule has 2 aromatic rings. The van der Waals surface area contributed by atoms with E-state index < -0.39 is 0 Å². The first-order valence-electron chi connectivity index (χ1n) is 6.37. The lowest BCUT2D eigenvalue weighted by Gasteiger charge is -2.18. The van der Waals surface area contributed by atoms with E-state index in [1.54, 1.807) is 24.3 Å². The molecule has 0 fully saturated rings. The number of hydrogen-bond acceptors (Lipinski definition) is 3. The molecule has 0 bridgehead atoms. The van der Waals surface area contributed by atoms with Crippen molar-refractivity contribution in [2.45, 2.75) is 26.2 Å². The van der Waals surface area contributed by atoms with E-state index in [4.69, 9.17) is 23.2 Å². The predicted molar refractivity (Wildman–Crippen MR) is 85.1 cm³/mol. The summed E-state index contributed by atoms with van der Waals surface area (Å²) >= 11 is 11.9. The molecule has 1 aromatic carbocycles. The fourth-order valence-electron chi connectivity index (χ4n) is 1.71. The maximum absolute atomic E-state index is 12.1. The number of nitrogens with zero attached hydrogens (tertiary/aromatic N) is 2. The van der Waals surface area contributed by atoms with Crippen molar-refractivity contribution in [3.63, 3.8) is 0 Å². The highest BCUT2D eigenvalue weighted by Gasteiger charge is 2.21. The minimum atomic E-state index is -0.368. The van der Waals surface area contributed by atoms with Crippen LogP contribution in [-0.2, 0) is 5.41 Å². The Bertz CT molecular complexity index is 664. The Kier molecular flexibility index (Phi) is 4.49. The second-order valence-electron chi connectivity index (χ2n) is 5.61. The molecule has 21 heavy (non-hydrogen) atoms. The Morgan fingerprint density at radius 2 is 1.76 bits per heavy atom. The second kappa shape index (κ2) is 6.00. The summed E-state index contributed by atoms with van der Waals surface area (Å²) in [7, 11) is 0. The number of amides is 1. The van der Waals surface area contributed by atoms with Crippen LogP contribution in [0, 0.1) is 0 Å². The number of carbonyl (C=O) groups excluding carboxylic acids is 1. The Morgan fingerprint density at radius 1 is 1.14 bits per heavy atom. The summed E-state index contributed by atoms with van der Waals surface area (Å²) in [5, 5.41) is 3.56. The minimum absolute atomic E-state index is 0.169. The van der Waals surface area contributed by atoms with E-state index in [1.165, 1.54) is 6.20 Å². The summed E-state index contributed by atoms with van der Waals surface area (Å²) in [6, 6.07) is 6.80. The fraction of sp³-hybridized carbons (Fsp3) is 0.267. The molecule has 0 aliphatic rings. The molecule has 1 aromatic heterocycles. The molecule has 1 N–H and O–H groups in total. The number of anilines is 1. The Hall–Kier alpha value is -1.65. The second-order valence-corrected chi connectivity index (χ2v) is 6.40. The lowest BCUT2D eigenvalue weighted by atomic mass is 9.92. The molecule has 1 amide bonds. The SMILES string of the molecule is CC(C)(C)c1ncc(C(=O)Nc2ccc(Cl)cc2)nc1Cl. The van der Waals surface area contributed by atoms with Crippen LogP contribution in [0.2, 0.25) is 10.2 Å². The van der Waals surface area contributed by atoms with Crippen LogP contribution in [0.1, 0.15) is 37.0 Å². The van der Waals surface area contributed by atoms with Gasteiger partial charge in [0.15, 0.2) is 5.15 Å². The zero-order valence-electron chi connectivity index (χ0n) is 11.9. The van der Waals surface area contributed by atoms with Gasteiger partial charge in [-0.2, -0.15) is 0 Å². The van der Waals surface area contributed by atoms with Gasteiger partial charge in [-0.3, -0.25) is 9.78 Å². The van der Waals surface area contributed by atoms with Crippen LogP contribution in [-0.4, -0.2) is 15.9 Å². The Balaban J connectivity index is 2.20. The summed E-state index contributed by atoms with van der Waals surface area (Å²) in [4.78, 5) is 20.5. The molecule has 0 spiro atoms. The normalized spacial score (nSPS) is 11.3.